The highest BCUT2D eigenvalue weighted by atomic mass is 16.6. The number of hydrogen-bond donors (Lipinski definition) is 0. The summed E-state index contributed by atoms with van der Waals surface area (Å²) >= 11 is 0. The number of carbonyl (C=O) groups excluding carboxylic acids is 1. The van der Waals surface area contributed by atoms with Crippen molar-refractivity contribution in [1.82, 2.24) is 4.90 Å². The number of fused-ring (bicyclic) bond motifs is 1. The predicted octanol–water partition coefficient (Wildman–Crippen LogP) is 2.03. The van der Waals surface area contributed by atoms with Gasteiger partial charge >= 0.3 is 5.97 Å². The van der Waals surface area contributed by atoms with Gasteiger partial charge in [0.25, 0.3) is 0 Å². The molecule has 0 bridgehead atoms. The van der Waals surface area contributed by atoms with E-state index in [4.69, 9.17) is 4.74 Å². The van der Waals surface area contributed by atoms with Crippen molar-refractivity contribution < 1.29 is 14.5 Å². The third-order valence-corrected chi connectivity index (χ3v) is 4.97. The maximum Gasteiger partial charge on any atom is 0.306 e. The first kappa shape index (κ1) is 15.0. The van der Waals surface area contributed by atoms with Gasteiger partial charge in [0.2, 0.25) is 6.04 Å². The summed E-state index contributed by atoms with van der Waals surface area (Å²) in [6.45, 7) is 0.853. The summed E-state index contributed by atoms with van der Waals surface area (Å²) in [6, 6.07) is 8.70. The Kier molecular flexibility index (Phi) is 4.11. The zero-order valence-corrected chi connectivity index (χ0v) is 12.6. The SMILES string of the molecule is COC(=O)C[C@H]1[C@@H]([N+](=O)[O-])[C@@H](c2ccccc2)N2CCC[C@@H]12. The second-order valence-corrected chi connectivity index (χ2v) is 6.02. The molecule has 0 spiro atoms. The van der Waals surface area contributed by atoms with Crippen LogP contribution >= 0.6 is 0 Å². The number of esters is 1. The Morgan fingerprint density at radius 1 is 1.41 bits per heavy atom. The molecule has 6 heteroatoms. The molecule has 0 unspecified atom stereocenters. The van der Waals surface area contributed by atoms with Crippen molar-refractivity contribution in [2.24, 2.45) is 5.92 Å². The van der Waals surface area contributed by atoms with Gasteiger partial charge in [-0.15, -0.1) is 0 Å². The summed E-state index contributed by atoms with van der Waals surface area (Å²) < 4.78 is 4.75. The zero-order valence-electron chi connectivity index (χ0n) is 12.6. The average molecular weight is 304 g/mol. The summed E-state index contributed by atoms with van der Waals surface area (Å²) in [6.07, 6.45) is 2.05. The third-order valence-electron chi connectivity index (χ3n) is 4.97. The van der Waals surface area contributed by atoms with E-state index in [0.717, 1.165) is 24.9 Å². The van der Waals surface area contributed by atoms with Gasteiger partial charge in [-0.1, -0.05) is 30.3 Å². The van der Waals surface area contributed by atoms with Crippen LogP contribution in [0.3, 0.4) is 0 Å². The van der Waals surface area contributed by atoms with Gasteiger partial charge in [-0.2, -0.15) is 0 Å². The molecule has 1 aromatic rings. The number of rotatable bonds is 4. The van der Waals surface area contributed by atoms with Crippen LogP contribution < -0.4 is 0 Å². The molecule has 0 aromatic heterocycles. The third kappa shape index (κ3) is 2.47. The molecule has 0 amide bonds. The molecule has 3 rings (SSSR count). The number of nitro groups is 1. The Balaban J connectivity index is 1.97. The van der Waals surface area contributed by atoms with Gasteiger partial charge in [-0.25, -0.2) is 0 Å². The van der Waals surface area contributed by atoms with Crippen molar-refractivity contribution in [3.63, 3.8) is 0 Å². The van der Waals surface area contributed by atoms with Crippen molar-refractivity contribution >= 4 is 5.97 Å². The fourth-order valence-corrected chi connectivity index (χ4v) is 4.12. The first-order chi connectivity index (χ1) is 10.6. The van der Waals surface area contributed by atoms with Gasteiger partial charge in [-0.3, -0.25) is 19.8 Å². The number of hydrogen-bond acceptors (Lipinski definition) is 5. The molecule has 22 heavy (non-hydrogen) atoms. The van der Waals surface area contributed by atoms with E-state index in [0.29, 0.717) is 0 Å². The first-order valence-corrected chi connectivity index (χ1v) is 7.64. The van der Waals surface area contributed by atoms with E-state index in [-0.39, 0.29) is 35.3 Å². The molecule has 0 saturated carbocycles. The molecule has 6 nitrogen and oxygen atoms in total. The summed E-state index contributed by atoms with van der Waals surface area (Å²) in [7, 11) is 1.33. The molecule has 2 heterocycles. The minimum absolute atomic E-state index is 0.0970. The van der Waals surface area contributed by atoms with Crippen molar-refractivity contribution in [2.75, 3.05) is 13.7 Å². The highest BCUT2D eigenvalue weighted by molar-refractivity contribution is 5.69. The van der Waals surface area contributed by atoms with E-state index in [1.807, 2.05) is 30.3 Å². The lowest BCUT2D eigenvalue weighted by molar-refractivity contribution is -0.533. The monoisotopic (exact) mass is 304 g/mol. The quantitative estimate of drug-likeness (QED) is 0.483. The number of nitrogens with zero attached hydrogens (tertiary/aromatic N) is 2. The topological polar surface area (TPSA) is 72.7 Å². The second-order valence-electron chi connectivity index (χ2n) is 6.02. The van der Waals surface area contributed by atoms with Crippen molar-refractivity contribution in [3.8, 4) is 0 Å². The lowest BCUT2D eigenvalue weighted by atomic mass is 9.87. The standard InChI is InChI=1S/C16H20N2O4/c1-22-14(19)10-12-13-8-5-9-17(13)15(16(12)18(20)21)11-6-3-2-4-7-11/h2-4,6-7,12-13,15-16H,5,8-10H2,1H3/t12-,13+,15-,16-/m1/s1. The fraction of sp³-hybridized carbons (Fsp3) is 0.562. The number of benzene rings is 1. The van der Waals surface area contributed by atoms with Crippen LogP contribution in [0.5, 0.6) is 0 Å². The maximum absolute atomic E-state index is 11.7. The van der Waals surface area contributed by atoms with Gasteiger partial charge in [0.1, 0.15) is 6.04 Å². The van der Waals surface area contributed by atoms with Gasteiger partial charge in [0, 0.05) is 11.0 Å². The molecular formula is C16H20N2O4. The molecule has 0 N–H and O–H groups in total. The smallest absolute Gasteiger partial charge is 0.306 e. The Labute approximate surface area is 129 Å². The van der Waals surface area contributed by atoms with Crippen LogP contribution in [0, 0.1) is 16.0 Å². The molecule has 2 fully saturated rings. The molecular weight excluding hydrogens is 284 g/mol. The highest BCUT2D eigenvalue weighted by Crippen LogP contribution is 2.47. The molecule has 0 aliphatic carbocycles. The fourth-order valence-electron chi connectivity index (χ4n) is 4.12. The van der Waals surface area contributed by atoms with Crippen LogP contribution in [0.1, 0.15) is 30.9 Å². The van der Waals surface area contributed by atoms with Crippen LogP contribution in [0.25, 0.3) is 0 Å². The minimum Gasteiger partial charge on any atom is -0.469 e. The van der Waals surface area contributed by atoms with E-state index in [9.17, 15) is 14.9 Å². The number of methoxy groups -OCH3 is 1. The van der Waals surface area contributed by atoms with Gasteiger partial charge < -0.3 is 4.74 Å². The number of carbonyl (C=O) groups is 1. The van der Waals surface area contributed by atoms with E-state index in [1.165, 1.54) is 7.11 Å². The largest absolute Gasteiger partial charge is 0.469 e. The normalized spacial score (nSPS) is 31.0. The predicted molar refractivity (Wildman–Crippen MR) is 79.8 cm³/mol. The molecule has 2 aliphatic heterocycles. The summed E-state index contributed by atoms with van der Waals surface area (Å²) in [4.78, 5) is 25.4. The van der Waals surface area contributed by atoms with E-state index < -0.39 is 6.04 Å². The Hall–Kier alpha value is -1.95. The van der Waals surface area contributed by atoms with Gasteiger partial charge in [-0.05, 0) is 24.9 Å². The summed E-state index contributed by atoms with van der Waals surface area (Å²) in [5, 5.41) is 11.7. The van der Waals surface area contributed by atoms with Crippen molar-refractivity contribution in [3.05, 3.63) is 46.0 Å². The van der Waals surface area contributed by atoms with Gasteiger partial charge in [0.15, 0.2) is 0 Å². The van der Waals surface area contributed by atoms with Crippen LogP contribution in [0.2, 0.25) is 0 Å². The second kappa shape index (κ2) is 6.04. The van der Waals surface area contributed by atoms with E-state index in [2.05, 4.69) is 4.90 Å². The highest BCUT2D eigenvalue weighted by Gasteiger charge is 2.57. The molecule has 0 radical (unpaired) electrons. The maximum atomic E-state index is 11.7. The van der Waals surface area contributed by atoms with Gasteiger partial charge in [0.05, 0.1) is 19.4 Å². The zero-order chi connectivity index (χ0) is 15.7. The summed E-state index contributed by atoms with van der Waals surface area (Å²) in [5.41, 5.74) is 0.962. The Morgan fingerprint density at radius 2 is 2.14 bits per heavy atom. The van der Waals surface area contributed by atoms with Crippen molar-refractivity contribution in [2.45, 2.75) is 37.4 Å². The van der Waals surface area contributed by atoms with E-state index >= 15 is 0 Å². The average Bonchev–Trinajstić information content (AvgIpc) is 3.09. The molecule has 1 aromatic carbocycles. The molecule has 4 atom stereocenters. The number of ether oxygens (including phenoxy) is 1. The van der Waals surface area contributed by atoms with Crippen LogP contribution in [-0.4, -0.2) is 41.5 Å². The van der Waals surface area contributed by atoms with Crippen LogP contribution in [0.15, 0.2) is 30.3 Å². The van der Waals surface area contributed by atoms with Crippen LogP contribution in [-0.2, 0) is 9.53 Å². The molecule has 2 saturated heterocycles. The Bertz CT molecular complexity index is 563. The lowest BCUT2D eigenvalue weighted by Crippen LogP contribution is -2.34. The molecule has 2 aliphatic rings. The van der Waals surface area contributed by atoms with Crippen molar-refractivity contribution in [1.29, 1.82) is 0 Å². The summed E-state index contributed by atoms with van der Waals surface area (Å²) in [5.74, 6) is -0.646. The van der Waals surface area contributed by atoms with Crippen LogP contribution in [0.4, 0.5) is 0 Å². The molecule has 118 valence electrons. The lowest BCUT2D eigenvalue weighted by Gasteiger charge is -2.23. The Morgan fingerprint density at radius 3 is 2.77 bits per heavy atom. The van der Waals surface area contributed by atoms with E-state index in [1.54, 1.807) is 0 Å². The minimum atomic E-state index is -0.758. The first-order valence-electron chi connectivity index (χ1n) is 7.64.